The highest BCUT2D eigenvalue weighted by Gasteiger charge is 2.18. The van der Waals surface area contributed by atoms with E-state index in [4.69, 9.17) is 21.1 Å². The number of rotatable bonds is 5. The molecule has 1 fully saturated rings. The Morgan fingerprint density at radius 1 is 1.50 bits per heavy atom. The zero-order valence-corrected chi connectivity index (χ0v) is 11.9. The summed E-state index contributed by atoms with van der Waals surface area (Å²) in [7, 11) is 1.69. The number of hydrogen-bond acceptors (Lipinski definition) is 2. The Bertz CT molecular complexity index is 386. The fraction of sp³-hybridized carbons (Fsp3) is 0.600. The fourth-order valence-corrected chi connectivity index (χ4v) is 2.73. The van der Waals surface area contributed by atoms with E-state index in [1.54, 1.807) is 7.11 Å². The van der Waals surface area contributed by atoms with Crippen LogP contribution in [-0.4, -0.2) is 19.8 Å². The molecule has 0 N–H and O–H groups in total. The van der Waals surface area contributed by atoms with Crippen LogP contribution in [0.2, 0.25) is 0 Å². The highest BCUT2D eigenvalue weighted by Crippen LogP contribution is 2.31. The molecular weight excluding hydrogens is 248 g/mol. The third kappa shape index (κ3) is 3.39. The van der Waals surface area contributed by atoms with Gasteiger partial charge in [-0.2, -0.15) is 0 Å². The lowest BCUT2D eigenvalue weighted by atomic mass is 10.0. The van der Waals surface area contributed by atoms with Crippen LogP contribution in [0.4, 0.5) is 0 Å². The molecule has 18 heavy (non-hydrogen) atoms. The molecular formula is C15H21ClO2. The molecule has 1 aliphatic heterocycles. The van der Waals surface area contributed by atoms with Gasteiger partial charge in [-0.25, -0.2) is 0 Å². The Balaban J connectivity index is 1.91. The lowest BCUT2D eigenvalue weighted by Gasteiger charge is -2.15. The normalized spacial score (nSPS) is 20.9. The van der Waals surface area contributed by atoms with Crippen molar-refractivity contribution in [2.75, 3.05) is 13.7 Å². The van der Waals surface area contributed by atoms with Gasteiger partial charge < -0.3 is 9.47 Å². The minimum absolute atomic E-state index is 0.0683. The van der Waals surface area contributed by atoms with Crippen LogP contribution in [0, 0.1) is 6.92 Å². The molecule has 2 rings (SSSR count). The molecule has 100 valence electrons. The molecule has 2 unspecified atom stereocenters. The number of methoxy groups -OCH3 is 1. The number of ether oxygens (including phenoxy) is 2. The minimum atomic E-state index is 0.0683. The summed E-state index contributed by atoms with van der Waals surface area (Å²) in [6.07, 6.45) is 4.83. The first-order valence-corrected chi connectivity index (χ1v) is 7.04. The van der Waals surface area contributed by atoms with Crippen molar-refractivity contribution >= 4 is 11.6 Å². The van der Waals surface area contributed by atoms with Gasteiger partial charge in [0, 0.05) is 6.61 Å². The van der Waals surface area contributed by atoms with Gasteiger partial charge in [0.05, 0.1) is 18.6 Å². The summed E-state index contributed by atoms with van der Waals surface area (Å²) >= 11 is 6.46. The summed E-state index contributed by atoms with van der Waals surface area (Å²) in [5, 5.41) is 0.0683. The summed E-state index contributed by atoms with van der Waals surface area (Å²) in [4.78, 5) is 0. The Morgan fingerprint density at radius 3 is 2.94 bits per heavy atom. The molecule has 1 heterocycles. The van der Waals surface area contributed by atoms with Gasteiger partial charge in [0.25, 0.3) is 0 Å². The summed E-state index contributed by atoms with van der Waals surface area (Å²) < 4.78 is 10.9. The molecule has 1 aromatic carbocycles. The highest BCUT2D eigenvalue weighted by molar-refractivity contribution is 6.20. The Morgan fingerprint density at radius 2 is 2.33 bits per heavy atom. The maximum absolute atomic E-state index is 6.46. The average molecular weight is 269 g/mol. The van der Waals surface area contributed by atoms with E-state index in [-0.39, 0.29) is 5.38 Å². The van der Waals surface area contributed by atoms with Gasteiger partial charge in [0.2, 0.25) is 0 Å². The van der Waals surface area contributed by atoms with Crippen molar-refractivity contribution in [2.24, 2.45) is 0 Å². The van der Waals surface area contributed by atoms with Gasteiger partial charge in [0.1, 0.15) is 5.75 Å². The van der Waals surface area contributed by atoms with Crippen molar-refractivity contribution in [2.45, 2.75) is 44.1 Å². The van der Waals surface area contributed by atoms with Gasteiger partial charge in [-0.1, -0.05) is 12.1 Å². The van der Waals surface area contributed by atoms with E-state index in [0.717, 1.165) is 30.8 Å². The fourth-order valence-electron chi connectivity index (χ4n) is 2.47. The maximum atomic E-state index is 6.46. The smallest absolute Gasteiger partial charge is 0.121 e. The van der Waals surface area contributed by atoms with Crippen LogP contribution in [0.1, 0.15) is 42.2 Å². The van der Waals surface area contributed by atoms with E-state index in [1.165, 1.54) is 18.4 Å². The molecule has 0 aliphatic carbocycles. The number of benzene rings is 1. The van der Waals surface area contributed by atoms with Crippen molar-refractivity contribution in [3.63, 3.8) is 0 Å². The van der Waals surface area contributed by atoms with Crippen LogP contribution in [0.5, 0.6) is 5.75 Å². The number of halogens is 1. The van der Waals surface area contributed by atoms with Crippen LogP contribution in [0.25, 0.3) is 0 Å². The van der Waals surface area contributed by atoms with E-state index >= 15 is 0 Å². The zero-order valence-electron chi connectivity index (χ0n) is 11.1. The van der Waals surface area contributed by atoms with E-state index < -0.39 is 0 Å². The largest absolute Gasteiger partial charge is 0.496 e. The molecule has 0 aromatic heterocycles. The van der Waals surface area contributed by atoms with Crippen molar-refractivity contribution in [1.29, 1.82) is 0 Å². The van der Waals surface area contributed by atoms with Crippen LogP contribution in [0.3, 0.4) is 0 Å². The molecule has 0 saturated carbocycles. The number of aryl methyl sites for hydroxylation is 1. The van der Waals surface area contributed by atoms with Crippen LogP contribution in [0.15, 0.2) is 18.2 Å². The lowest BCUT2D eigenvalue weighted by molar-refractivity contribution is 0.102. The average Bonchev–Trinajstić information content (AvgIpc) is 2.89. The van der Waals surface area contributed by atoms with E-state index in [0.29, 0.717) is 6.10 Å². The second-order valence-electron chi connectivity index (χ2n) is 4.91. The second-order valence-corrected chi connectivity index (χ2v) is 5.44. The summed E-state index contributed by atoms with van der Waals surface area (Å²) in [6, 6.07) is 6.16. The predicted octanol–water partition coefficient (Wildman–Crippen LogP) is 4.24. The van der Waals surface area contributed by atoms with Crippen molar-refractivity contribution in [1.82, 2.24) is 0 Å². The van der Waals surface area contributed by atoms with Gasteiger partial charge >= 0.3 is 0 Å². The monoisotopic (exact) mass is 268 g/mol. The van der Waals surface area contributed by atoms with E-state index in [2.05, 4.69) is 12.1 Å². The molecule has 1 saturated heterocycles. The highest BCUT2D eigenvalue weighted by atomic mass is 35.5. The summed E-state index contributed by atoms with van der Waals surface area (Å²) in [6.45, 7) is 2.96. The molecule has 0 radical (unpaired) electrons. The number of alkyl halides is 1. The summed E-state index contributed by atoms with van der Waals surface area (Å²) in [5.41, 5.74) is 2.31. The molecule has 1 aromatic rings. The third-order valence-electron chi connectivity index (χ3n) is 3.55. The Kier molecular flexibility index (Phi) is 4.90. The quantitative estimate of drug-likeness (QED) is 0.744. The van der Waals surface area contributed by atoms with Gasteiger partial charge in [-0.3, -0.25) is 0 Å². The Labute approximate surface area is 114 Å². The first-order chi connectivity index (χ1) is 8.70. The molecule has 1 aliphatic rings. The minimum Gasteiger partial charge on any atom is -0.496 e. The molecule has 3 heteroatoms. The molecule has 0 spiro atoms. The molecule has 2 atom stereocenters. The van der Waals surface area contributed by atoms with Crippen molar-refractivity contribution in [3.05, 3.63) is 29.3 Å². The van der Waals surface area contributed by atoms with Crippen molar-refractivity contribution < 1.29 is 9.47 Å². The topological polar surface area (TPSA) is 18.5 Å². The predicted molar refractivity (Wildman–Crippen MR) is 74.5 cm³/mol. The molecule has 0 bridgehead atoms. The molecule has 0 amide bonds. The van der Waals surface area contributed by atoms with Gasteiger partial charge in [0.15, 0.2) is 0 Å². The van der Waals surface area contributed by atoms with Gasteiger partial charge in [-0.15, -0.1) is 11.6 Å². The van der Waals surface area contributed by atoms with Crippen LogP contribution in [-0.2, 0) is 4.74 Å². The Hall–Kier alpha value is -0.730. The van der Waals surface area contributed by atoms with E-state index in [1.807, 2.05) is 13.0 Å². The maximum Gasteiger partial charge on any atom is 0.121 e. The van der Waals surface area contributed by atoms with Gasteiger partial charge in [-0.05, 0) is 49.8 Å². The SMILES string of the molecule is COc1ccc(C(Cl)CCC2CCCO2)cc1C. The second kappa shape index (κ2) is 6.44. The molecule has 2 nitrogen and oxygen atoms in total. The third-order valence-corrected chi connectivity index (χ3v) is 4.02. The first kappa shape index (κ1) is 13.7. The van der Waals surface area contributed by atoms with Crippen molar-refractivity contribution in [3.8, 4) is 5.75 Å². The standard InChI is InChI=1S/C15H21ClO2/c1-11-10-12(5-8-15(11)17-2)14(16)7-6-13-4-3-9-18-13/h5,8,10,13-14H,3-4,6-7,9H2,1-2H3. The summed E-state index contributed by atoms with van der Waals surface area (Å²) in [5.74, 6) is 0.918. The lowest BCUT2D eigenvalue weighted by Crippen LogP contribution is -2.06. The van der Waals surface area contributed by atoms with E-state index in [9.17, 15) is 0 Å². The van der Waals surface area contributed by atoms with Crippen LogP contribution >= 0.6 is 11.6 Å². The zero-order chi connectivity index (χ0) is 13.0. The number of hydrogen-bond donors (Lipinski definition) is 0. The van der Waals surface area contributed by atoms with Crippen LogP contribution < -0.4 is 4.74 Å². The first-order valence-electron chi connectivity index (χ1n) is 6.61.